The molecule has 0 saturated carbocycles. The smallest absolute Gasteiger partial charge is 0.0991 e. The number of piperazine rings is 1. The third kappa shape index (κ3) is 2.01. The molecule has 0 amide bonds. The minimum Gasteiger partial charge on any atom is -0.369 e. The monoisotopic (exact) mass is 227 g/mol. The minimum atomic E-state index is 0.744. The van der Waals surface area contributed by atoms with Crippen LogP contribution in [0.2, 0.25) is 0 Å². The lowest BCUT2D eigenvalue weighted by Crippen LogP contribution is -2.50. The molecule has 88 valence electrons. The number of rotatable bonds is 1. The Morgan fingerprint density at radius 3 is 2.71 bits per heavy atom. The first-order valence-corrected chi connectivity index (χ1v) is 6.36. The van der Waals surface area contributed by atoms with E-state index in [1.807, 2.05) is 12.1 Å². The zero-order valence-corrected chi connectivity index (χ0v) is 9.97. The second-order valence-corrected chi connectivity index (χ2v) is 4.94. The number of benzene rings is 1. The first kappa shape index (κ1) is 10.6. The molecule has 0 aliphatic carbocycles. The minimum absolute atomic E-state index is 0.744. The summed E-state index contributed by atoms with van der Waals surface area (Å²) < 4.78 is 0. The average molecular weight is 227 g/mol. The Balaban J connectivity index is 1.74. The molecule has 17 heavy (non-hydrogen) atoms. The van der Waals surface area contributed by atoms with Gasteiger partial charge in [0.2, 0.25) is 0 Å². The molecule has 0 spiro atoms. The van der Waals surface area contributed by atoms with E-state index in [-0.39, 0.29) is 0 Å². The van der Waals surface area contributed by atoms with Gasteiger partial charge in [-0.15, -0.1) is 0 Å². The van der Waals surface area contributed by atoms with E-state index in [4.69, 9.17) is 5.26 Å². The van der Waals surface area contributed by atoms with E-state index in [0.717, 1.165) is 24.7 Å². The Morgan fingerprint density at radius 2 is 1.94 bits per heavy atom. The van der Waals surface area contributed by atoms with Crippen molar-refractivity contribution in [1.29, 1.82) is 5.26 Å². The predicted octanol–water partition coefficient (Wildman–Crippen LogP) is 1.84. The number of nitrogens with zero attached hydrogens (tertiary/aromatic N) is 3. The topological polar surface area (TPSA) is 30.3 Å². The average Bonchev–Trinajstić information content (AvgIpc) is 2.86. The largest absolute Gasteiger partial charge is 0.369 e. The molecule has 0 radical (unpaired) electrons. The first-order chi connectivity index (χ1) is 8.36. The van der Waals surface area contributed by atoms with E-state index in [1.54, 1.807) is 0 Å². The van der Waals surface area contributed by atoms with Crippen LogP contribution in [-0.2, 0) is 0 Å². The Labute approximate surface area is 102 Å². The van der Waals surface area contributed by atoms with Crippen LogP contribution in [0.5, 0.6) is 0 Å². The summed E-state index contributed by atoms with van der Waals surface area (Å²) in [5.41, 5.74) is 2.00. The third-order valence-electron chi connectivity index (χ3n) is 3.95. The molecule has 2 heterocycles. The normalized spacial score (nSPS) is 24.4. The molecule has 0 aromatic heterocycles. The van der Waals surface area contributed by atoms with Crippen LogP contribution >= 0.6 is 0 Å². The number of hydrogen-bond acceptors (Lipinski definition) is 3. The van der Waals surface area contributed by atoms with E-state index in [0.29, 0.717) is 0 Å². The fraction of sp³-hybridized carbons (Fsp3) is 0.500. The second-order valence-electron chi connectivity index (χ2n) is 4.94. The van der Waals surface area contributed by atoms with Gasteiger partial charge in [0.05, 0.1) is 11.6 Å². The van der Waals surface area contributed by atoms with Gasteiger partial charge < -0.3 is 4.90 Å². The van der Waals surface area contributed by atoms with Gasteiger partial charge in [-0.25, -0.2) is 0 Å². The van der Waals surface area contributed by atoms with Crippen molar-refractivity contribution < 1.29 is 0 Å². The highest BCUT2D eigenvalue weighted by atomic mass is 15.3. The van der Waals surface area contributed by atoms with Crippen molar-refractivity contribution in [3.8, 4) is 6.07 Å². The lowest BCUT2D eigenvalue weighted by molar-refractivity contribution is 0.231. The van der Waals surface area contributed by atoms with Crippen molar-refractivity contribution in [3.05, 3.63) is 29.8 Å². The highest BCUT2D eigenvalue weighted by Crippen LogP contribution is 2.25. The van der Waals surface area contributed by atoms with Crippen molar-refractivity contribution in [3.63, 3.8) is 0 Å². The Morgan fingerprint density at radius 1 is 1.12 bits per heavy atom. The lowest BCUT2D eigenvalue weighted by atomic mass is 10.1. The summed E-state index contributed by atoms with van der Waals surface area (Å²) in [6.07, 6.45) is 2.69. The van der Waals surface area contributed by atoms with E-state index >= 15 is 0 Å². The van der Waals surface area contributed by atoms with Crippen LogP contribution in [-0.4, -0.2) is 37.1 Å². The molecule has 2 aliphatic rings. The molecule has 0 N–H and O–H groups in total. The van der Waals surface area contributed by atoms with Gasteiger partial charge in [0.1, 0.15) is 0 Å². The van der Waals surface area contributed by atoms with Crippen LogP contribution in [0.3, 0.4) is 0 Å². The van der Waals surface area contributed by atoms with E-state index in [9.17, 15) is 0 Å². The van der Waals surface area contributed by atoms with Gasteiger partial charge >= 0.3 is 0 Å². The van der Waals surface area contributed by atoms with Gasteiger partial charge in [-0.3, -0.25) is 4.90 Å². The van der Waals surface area contributed by atoms with Crippen LogP contribution in [0.1, 0.15) is 18.4 Å². The van der Waals surface area contributed by atoms with Gasteiger partial charge in [-0.1, -0.05) is 0 Å². The molecule has 3 rings (SSSR count). The summed E-state index contributed by atoms with van der Waals surface area (Å²) in [4.78, 5) is 5.06. The van der Waals surface area contributed by atoms with Crippen LogP contribution in [0.15, 0.2) is 24.3 Å². The maximum absolute atomic E-state index is 8.79. The van der Waals surface area contributed by atoms with Crippen molar-refractivity contribution >= 4 is 5.69 Å². The molecule has 0 bridgehead atoms. The molecule has 2 aliphatic heterocycles. The van der Waals surface area contributed by atoms with E-state index in [1.165, 1.54) is 31.6 Å². The van der Waals surface area contributed by atoms with Gasteiger partial charge in [0, 0.05) is 31.4 Å². The highest BCUT2D eigenvalue weighted by molar-refractivity contribution is 5.50. The van der Waals surface area contributed by atoms with Crippen LogP contribution in [0.25, 0.3) is 0 Å². The third-order valence-corrected chi connectivity index (χ3v) is 3.95. The Bertz CT molecular complexity index is 432. The van der Waals surface area contributed by atoms with Crippen molar-refractivity contribution in [2.24, 2.45) is 0 Å². The quantitative estimate of drug-likeness (QED) is 0.733. The number of nitriles is 1. The number of fused-ring (bicyclic) bond motifs is 1. The van der Waals surface area contributed by atoms with Gasteiger partial charge in [-0.05, 0) is 43.7 Å². The summed E-state index contributed by atoms with van der Waals surface area (Å²) in [5, 5.41) is 8.79. The molecule has 1 unspecified atom stereocenters. The molecule has 1 aromatic rings. The maximum atomic E-state index is 8.79. The number of anilines is 1. The van der Waals surface area contributed by atoms with Crippen molar-refractivity contribution in [2.45, 2.75) is 18.9 Å². The van der Waals surface area contributed by atoms with Crippen LogP contribution in [0.4, 0.5) is 5.69 Å². The van der Waals surface area contributed by atoms with Crippen LogP contribution < -0.4 is 4.90 Å². The second kappa shape index (κ2) is 4.38. The molecule has 3 nitrogen and oxygen atoms in total. The zero-order valence-electron chi connectivity index (χ0n) is 9.97. The molecule has 3 heteroatoms. The first-order valence-electron chi connectivity index (χ1n) is 6.36. The summed E-state index contributed by atoms with van der Waals surface area (Å²) in [6.45, 7) is 4.73. The molecule has 1 aromatic carbocycles. The van der Waals surface area contributed by atoms with Gasteiger partial charge in [-0.2, -0.15) is 5.26 Å². The summed E-state index contributed by atoms with van der Waals surface area (Å²) in [5.74, 6) is 0. The fourth-order valence-electron chi connectivity index (χ4n) is 2.97. The van der Waals surface area contributed by atoms with Crippen molar-refractivity contribution in [2.75, 3.05) is 31.1 Å². The van der Waals surface area contributed by atoms with E-state index < -0.39 is 0 Å². The Kier molecular flexibility index (Phi) is 2.74. The summed E-state index contributed by atoms with van der Waals surface area (Å²) in [7, 11) is 0. The van der Waals surface area contributed by atoms with Crippen molar-refractivity contribution in [1.82, 2.24) is 4.90 Å². The van der Waals surface area contributed by atoms with Crippen LogP contribution in [0, 0.1) is 11.3 Å². The standard InChI is InChI=1S/C14H17N3/c15-10-12-3-5-13(6-4-12)17-9-8-16-7-1-2-14(16)11-17/h3-6,14H,1-2,7-9,11H2. The molecule has 2 fully saturated rings. The van der Waals surface area contributed by atoms with Gasteiger partial charge in [0.15, 0.2) is 0 Å². The molecule has 2 saturated heterocycles. The summed E-state index contributed by atoms with van der Waals surface area (Å²) >= 11 is 0. The Hall–Kier alpha value is -1.53. The fourth-order valence-corrected chi connectivity index (χ4v) is 2.97. The number of hydrogen-bond donors (Lipinski definition) is 0. The molecular weight excluding hydrogens is 210 g/mol. The molecule has 1 atom stereocenters. The summed E-state index contributed by atoms with van der Waals surface area (Å²) in [6, 6.07) is 10.9. The molecular formula is C14H17N3. The maximum Gasteiger partial charge on any atom is 0.0991 e. The van der Waals surface area contributed by atoms with E-state index in [2.05, 4.69) is 28.0 Å². The lowest BCUT2D eigenvalue weighted by Gasteiger charge is -2.38. The SMILES string of the molecule is N#Cc1ccc(N2CCN3CCCC3C2)cc1. The zero-order chi connectivity index (χ0) is 11.7. The van der Waals surface area contributed by atoms with Gasteiger partial charge in [0.25, 0.3) is 0 Å². The predicted molar refractivity (Wildman–Crippen MR) is 68.0 cm³/mol. The highest BCUT2D eigenvalue weighted by Gasteiger charge is 2.30.